The lowest BCUT2D eigenvalue weighted by molar-refractivity contribution is -0.141. The number of thioether (sulfide) groups is 1. The highest BCUT2D eigenvalue weighted by Gasteiger charge is 2.48. The fourth-order valence-corrected chi connectivity index (χ4v) is 4.20. The number of halogens is 1. The summed E-state index contributed by atoms with van der Waals surface area (Å²) in [5, 5.41) is 9.16. The van der Waals surface area contributed by atoms with Crippen molar-refractivity contribution in [2.24, 2.45) is 5.92 Å². The first-order chi connectivity index (χ1) is 9.99. The Morgan fingerprint density at radius 3 is 2.71 bits per heavy atom. The van der Waals surface area contributed by atoms with Crippen molar-refractivity contribution in [1.82, 2.24) is 4.90 Å². The molecule has 2 atom stereocenters. The van der Waals surface area contributed by atoms with Crippen molar-refractivity contribution in [2.75, 3.05) is 11.5 Å². The van der Waals surface area contributed by atoms with Crippen molar-refractivity contribution in [3.63, 3.8) is 0 Å². The Morgan fingerprint density at radius 2 is 2.10 bits per heavy atom. The van der Waals surface area contributed by atoms with Crippen LogP contribution in [0.4, 0.5) is 10.1 Å². The van der Waals surface area contributed by atoms with Gasteiger partial charge in [-0.15, -0.1) is 11.8 Å². The molecule has 2 aliphatic rings. The second-order valence-electron chi connectivity index (χ2n) is 5.36. The number of rotatable bonds is 3. The van der Waals surface area contributed by atoms with Gasteiger partial charge in [0.15, 0.2) is 0 Å². The van der Waals surface area contributed by atoms with Crippen molar-refractivity contribution in [1.29, 1.82) is 0 Å². The summed E-state index contributed by atoms with van der Waals surface area (Å²) in [5.74, 6) is -1.40. The Kier molecular flexibility index (Phi) is 3.52. The fraction of sp³-hybridized carbons (Fsp3) is 0.429. The normalized spacial score (nSPS) is 25.1. The highest BCUT2D eigenvalue weighted by molar-refractivity contribution is 8.00. The first kappa shape index (κ1) is 14.2. The quantitative estimate of drug-likeness (QED) is 0.832. The first-order valence-electron chi connectivity index (χ1n) is 6.71. The lowest BCUT2D eigenvalue weighted by Crippen LogP contribution is -2.46. The summed E-state index contributed by atoms with van der Waals surface area (Å²) in [6.45, 7) is 0. The van der Waals surface area contributed by atoms with E-state index in [1.165, 1.54) is 28.8 Å². The van der Waals surface area contributed by atoms with Crippen molar-refractivity contribution in [3.05, 3.63) is 29.6 Å². The van der Waals surface area contributed by atoms with Crippen LogP contribution in [-0.4, -0.2) is 39.1 Å². The average Bonchev–Trinajstić information content (AvgIpc) is 3.19. The van der Waals surface area contributed by atoms with Gasteiger partial charge >= 0.3 is 5.97 Å². The van der Waals surface area contributed by atoms with E-state index in [2.05, 4.69) is 0 Å². The second-order valence-corrected chi connectivity index (χ2v) is 6.51. The molecule has 3 N–H and O–H groups in total. The van der Waals surface area contributed by atoms with E-state index in [1.54, 1.807) is 0 Å². The van der Waals surface area contributed by atoms with E-state index in [0.29, 0.717) is 11.7 Å². The minimum atomic E-state index is -1.03. The van der Waals surface area contributed by atoms with Gasteiger partial charge in [-0.2, -0.15) is 0 Å². The van der Waals surface area contributed by atoms with E-state index in [9.17, 15) is 19.1 Å². The Hall–Kier alpha value is -1.76. The molecule has 1 aliphatic carbocycles. The van der Waals surface area contributed by atoms with E-state index in [-0.39, 0.29) is 16.6 Å². The lowest BCUT2D eigenvalue weighted by atomic mass is 10.1. The van der Waals surface area contributed by atoms with Gasteiger partial charge in [0.05, 0.1) is 10.9 Å². The van der Waals surface area contributed by atoms with Crippen LogP contribution in [0.5, 0.6) is 0 Å². The molecule has 1 saturated carbocycles. The van der Waals surface area contributed by atoms with Gasteiger partial charge in [0.1, 0.15) is 11.9 Å². The number of aliphatic carboxylic acids is 1. The molecule has 1 saturated heterocycles. The average molecular weight is 310 g/mol. The molecule has 0 radical (unpaired) electrons. The number of nitrogen functional groups attached to an aromatic ring is 1. The van der Waals surface area contributed by atoms with Crippen molar-refractivity contribution >= 4 is 29.3 Å². The number of carbonyl (C=O) groups excluding carboxylic acids is 1. The van der Waals surface area contributed by atoms with E-state index in [4.69, 9.17) is 5.73 Å². The number of hydrogen-bond acceptors (Lipinski definition) is 4. The van der Waals surface area contributed by atoms with Crippen molar-refractivity contribution in [3.8, 4) is 0 Å². The summed E-state index contributed by atoms with van der Waals surface area (Å²) in [4.78, 5) is 25.4. The number of anilines is 1. The van der Waals surface area contributed by atoms with Crippen LogP contribution in [-0.2, 0) is 4.79 Å². The molecule has 1 aromatic carbocycles. The summed E-state index contributed by atoms with van der Waals surface area (Å²) < 4.78 is 13.4. The maximum Gasteiger partial charge on any atom is 0.327 e. The van der Waals surface area contributed by atoms with E-state index in [0.717, 1.165) is 18.9 Å². The van der Waals surface area contributed by atoms with Crippen LogP contribution >= 0.6 is 11.8 Å². The predicted molar refractivity (Wildman–Crippen MR) is 77.4 cm³/mol. The van der Waals surface area contributed by atoms with Crippen LogP contribution in [0.25, 0.3) is 0 Å². The number of nitrogens with two attached hydrogens (primary N) is 1. The topological polar surface area (TPSA) is 83.6 Å². The van der Waals surface area contributed by atoms with Gasteiger partial charge in [0.2, 0.25) is 0 Å². The Labute approximate surface area is 125 Å². The molecule has 3 rings (SSSR count). The summed E-state index contributed by atoms with van der Waals surface area (Å²) >= 11 is 1.48. The molecule has 1 heterocycles. The number of carboxylic acids is 1. The molecule has 0 aromatic heterocycles. The van der Waals surface area contributed by atoms with Crippen molar-refractivity contribution < 1.29 is 19.1 Å². The third-order valence-corrected chi connectivity index (χ3v) is 5.29. The van der Waals surface area contributed by atoms with Gasteiger partial charge in [-0.05, 0) is 37.0 Å². The molecule has 112 valence electrons. The Balaban J connectivity index is 1.95. The van der Waals surface area contributed by atoms with Crippen LogP contribution in [0, 0.1) is 11.7 Å². The molecule has 2 fully saturated rings. The number of nitrogens with zero attached hydrogens (tertiary/aromatic N) is 1. The fourth-order valence-electron chi connectivity index (χ4n) is 2.57. The second kappa shape index (κ2) is 5.22. The number of carboxylic acid groups (broad SMARTS) is 1. The summed E-state index contributed by atoms with van der Waals surface area (Å²) in [7, 11) is 0. The molecule has 1 aromatic rings. The number of carbonyl (C=O) groups is 2. The van der Waals surface area contributed by atoms with Gasteiger partial charge in [-0.1, -0.05) is 0 Å². The molecule has 0 spiro atoms. The highest BCUT2D eigenvalue weighted by atomic mass is 32.2. The van der Waals surface area contributed by atoms with E-state index >= 15 is 0 Å². The molecular formula is C14H15FN2O3S. The zero-order valence-electron chi connectivity index (χ0n) is 11.2. The molecule has 7 heteroatoms. The molecule has 1 amide bonds. The lowest BCUT2D eigenvalue weighted by Gasteiger charge is -2.27. The zero-order chi connectivity index (χ0) is 15.1. The van der Waals surface area contributed by atoms with Crippen LogP contribution in [0.15, 0.2) is 18.2 Å². The van der Waals surface area contributed by atoms with Crippen LogP contribution in [0.1, 0.15) is 23.2 Å². The molecule has 0 bridgehead atoms. The van der Waals surface area contributed by atoms with Crippen LogP contribution in [0.2, 0.25) is 0 Å². The molecule has 2 unspecified atom stereocenters. The summed E-state index contributed by atoms with van der Waals surface area (Å²) in [6, 6.07) is 2.70. The maximum atomic E-state index is 13.4. The van der Waals surface area contributed by atoms with Gasteiger partial charge < -0.3 is 15.7 Å². The van der Waals surface area contributed by atoms with Crippen LogP contribution in [0.3, 0.4) is 0 Å². The maximum absolute atomic E-state index is 13.4. The third-order valence-electron chi connectivity index (χ3n) is 3.83. The number of hydrogen-bond donors (Lipinski definition) is 2. The van der Waals surface area contributed by atoms with E-state index in [1.807, 2.05) is 0 Å². The van der Waals surface area contributed by atoms with Gasteiger partial charge in [-0.3, -0.25) is 4.79 Å². The standard InChI is InChI=1S/C14H15FN2O3S/c15-8-3-4-10(16)9(5-8)12(18)17-11(14(19)20)6-21-13(17)7-1-2-7/h3-5,7,11,13H,1-2,6,16H2,(H,19,20). The minimum absolute atomic E-state index is 0.0365. The number of amides is 1. The number of benzene rings is 1. The van der Waals surface area contributed by atoms with Crippen molar-refractivity contribution in [2.45, 2.75) is 24.3 Å². The molecule has 21 heavy (non-hydrogen) atoms. The monoisotopic (exact) mass is 310 g/mol. The van der Waals surface area contributed by atoms with Crippen LogP contribution < -0.4 is 5.73 Å². The Morgan fingerprint density at radius 1 is 1.38 bits per heavy atom. The van der Waals surface area contributed by atoms with Gasteiger partial charge in [-0.25, -0.2) is 9.18 Å². The first-order valence-corrected chi connectivity index (χ1v) is 7.76. The smallest absolute Gasteiger partial charge is 0.327 e. The van der Waals surface area contributed by atoms with Gasteiger partial charge in [0.25, 0.3) is 5.91 Å². The van der Waals surface area contributed by atoms with Gasteiger partial charge in [0, 0.05) is 11.4 Å². The Bertz CT molecular complexity index is 606. The molecule has 1 aliphatic heterocycles. The molecular weight excluding hydrogens is 295 g/mol. The SMILES string of the molecule is Nc1ccc(F)cc1C(=O)N1C(C(=O)O)CSC1C1CC1. The predicted octanol–water partition coefficient (Wildman–Crippen LogP) is 1.79. The zero-order valence-corrected chi connectivity index (χ0v) is 12.0. The minimum Gasteiger partial charge on any atom is -0.480 e. The molecule has 5 nitrogen and oxygen atoms in total. The summed E-state index contributed by atoms with van der Waals surface area (Å²) in [5.41, 5.74) is 5.95. The third kappa shape index (κ3) is 2.57. The highest BCUT2D eigenvalue weighted by Crippen LogP contribution is 2.46. The largest absolute Gasteiger partial charge is 0.480 e. The summed E-state index contributed by atoms with van der Waals surface area (Å²) in [6.07, 6.45) is 1.98. The van der Waals surface area contributed by atoms with E-state index < -0.39 is 23.7 Å².